The Bertz CT molecular complexity index is 182. The van der Waals surface area contributed by atoms with E-state index in [-0.39, 0.29) is 31.4 Å². The molecule has 0 bridgehead atoms. The third-order valence-corrected chi connectivity index (χ3v) is 1.23. The first kappa shape index (κ1) is 11.9. The molecule has 1 unspecified atom stereocenters. The van der Waals surface area contributed by atoms with Gasteiger partial charge in [0, 0.05) is 6.54 Å². The zero-order chi connectivity index (χ0) is 10.3. The quantitative estimate of drug-likeness (QED) is 0.385. The van der Waals surface area contributed by atoms with Crippen molar-refractivity contribution in [2.24, 2.45) is 5.73 Å². The van der Waals surface area contributed by atoms with Gasteiger partial charge < -0.3 is 21.5 Å². The van der Waals surface area contributed by atoms with Crippen molar-refractivity contribution < 1.29 is 14.7 Å². The molecule has 0 aliphatic carbocycles. The molecule has 76 valence electrons. The van der Waals surface area contributed by atoms with E-state index in [0.29, 0.717) is 0 Å². The first-order chi connectivity index (χ1) is 6.06. The summed E-state index contributed by atoms with van der Waals surface area (Å²) >= 11 is 0. The van der Waals surface area contributed by atoms with E-state index in [1.54, 1.807) is 6.92 Å². The minimum Gasteiger partial charge on any atom is -0.392 e. The van der Waals surface area contributed by atoms with Crippen LogP contribution in [0.3, 0.4) is 0 Å². The lowest BCUT2D eigenvalue weighted by Crippen LogP contribution is -2.41. The van der Waals surface area contributed by atoms with E-state index in [1.807, 2.05) is 0 Å². The highest BCUT2D eigenvalue weighted by Crippen LogP contribution is 1.74. The monoisotopic (exact) mass is 189 g/mol. The van der Waals surface area contributed by atoms with Crippen molar-refractivity contribution in [3.05, 3.63) is 0 Å². The zero-order valence-electron chi connectivity index (χ0n) is 7.54. The van der Waals surface area contributed by atoms with Crippen LogP contribution in [0.25, 0.3) is 0 Å². The summed E-state index contributed by atoms with van der Waals surface area (Å²) in [6.45, 7) is 1.49. The largest absolute Gasteiger partial charge is 0.392 e. The molecule has 0 saturated carbocycles. The maximum Gasteiger partial charge on any atom is 0.239 e. The normalized spacial score (nSPS) is 11.9. The summed E-state index contributed by atoms with van der Waals surface area (Å²) in [5.41, 5.74) is 5.00. The fraction of sp³-hybridized carbons (Fsp3) is 0.714. The Hall–Kier alpha value is -1.14. The van der Waals surface area contributed by atoms with Gasteiger partial charge in [-0.25, -0.2) is 0 Å². The van der Waals surface area contributed by atoms with Crippen molar-refractivity contribution in [1.29, 1.82) is 0 Å². The van der Waals surface area contributed by atoms with Crippen molar-refractivity contribution in [3.8, 4) is 0 Å². The summed E-state index contributed by atoms with van der Waals surface area (Å²) < 4.78 is 0. The van der Waals surface area contributed by atoms with Crippen molar-refractivity contribution in [2.45, 2.75) is 13.0 Å². The van der Waals surface area contributed by atoms with Crippen LogP contribution >= 0.6 is 0 Å². The van der Waals surface area contributed by atoms with Crippen molar-refractivity contribution in [2.75, 3.05) is 19.6 Å². The number of nitrogens with two attached hydrogens (primary N) is 1. The van der Waals surface area contributed by atoms with E-state index < -0.39 is 6.10 Å². The van der Waals surface area contributed by atoms with Gasteiger partial charge in [0.05, 0.1) is 19.2 Å². The summed E-state index contributed by atoms with van der Waals surface area (Å²) in [6, 6.07) is 0. The van der Waals surface area contributed by atoms with Crippen LogP contribution in [0.2, 0.25) is 0 Å². The van der Waals surface area contributed by atoms with Crippen LogP contribution in [0.5, 0.6) is 0 Å². The summed E-state index contributed by atoms with van der Waals surface area (Å²) in [4.78, 5) is 21.5. The molecular formula is C7H15N3O3. The minimum atomic E-state index is -0.589. The van der Waals surface area contributed by atoms with Gasteiger partial charge in [-0.1, -0.05) is 0 Å². The number of carbonyl (C=O) groups excluding carboxylic acids is 2. The van der Waals surface area contributed by atoms with E-state index in [4.69, 9.17) is 10.8 Å². The van der Waals surface area contributed by atoms with Crippen LogP contribution in [0.4, 0.5) is 0 Å². The predicted molar refractivity (Wildman–Crippen MR) is 46.8 cm³/mol. The van der Waals surface area contributed by atoms with Gasteiger partial charge >= 0.3 is 0 Å². The maximum atomic E-state index is 10.9. The van der Waals surface area contributed by atoms with Crippen LogP contribution in [-0.2, 0) is 9.59 Å². The molecule has 0 rings (SSSR count). The lowest BCUT2D eigenvalue weighted by Gasteiger charge is -2.07. The molecule has 2 amide bonds. The molecule has 0 heterocycles. The summed E-state index contributed by atoms with van der Waals surface area (Å²) in [6.07, 6.45) is -0.589. The second kappa shape index (κ2) is 6.38. The number of rotatable bonds is 5. The standard InChI is InChI=1S/C7H15N3O3/c1-5(11)3-9-7(13)4-10-6(12)2-8/h5,11H,2-4,8H2,1H3,(H,9,13)(H,10,12). The highest BCUT2D eigenvalue weighted by molar-refractivity contribution is 5.85. The van der Waals surface area contributed by atoms with E-state index in [2.05, 4.69) is 10.6 Å². The fourth-order valence-electron chi connectivity index (χ4n) is 0.575. The molecule has 0 aromatic heterocycles. The summed E-state index contributed by atoms with van der Waals surface area (Å²) in [5, 5.41) is 13.5. The molecule has 0 aromatic carbocycles. The number of carbonyl (C=O) groups is 2. The Morgan fingerprint density at radius 3 is 2.46 bits per heavy atom. The lowest BCUT2D eigenvalue weighted by atomic mass is 10.4. The molecule has 0 saturated heterocycles. The van der Waals surface area contributed by atoms with Gasteiger partial charge in [-0.2, -0.15) is 0 Å². The van der Waals surface area contributed by atoms with Crippen molar-refractivity contribution >= 4 is 11.8 Å². The highest BCUT2D eigenvalue weighted by Gasteiger charge is 2.03. The Balaban J connectivity index is 3.46. The Morgan fingerprint density at radius 1 is 1.38 bits per heavy atom. The smallest absolute Gasteiger partial charge is 0.239 e. The number of aliphatic hydroxyl groups excluding tert-OH is 1. The van der Waals surface area contributed by atoms with Gasteiger partial charge in [0.1, 0.15) is 0 Å². The van der Waals surface area contributed by atoms with Gasteiger partial charge in [-0.15, -0.1) is 0 Å². The fourth-order valence-corrected chi connectivity index (χ4v) is 0.575. The van der Waals surface area contributed by atoms with Crippen LogP contribution in [0, 0.1) is 0 Å². The van der Waals surface area contributed by atoms with E-state index in [9.17, 15) is 9.59 Å². The van der Waals surface area contributed by atoms with Gasteiger partial charge in [-0.3, -0.25) is 9.59 Å². The van der Waals surface area contributed by atoms with E-state index in [0.717, 1.165) is 0 Å². The molecule has 0 radical (unpaired) electrons. The maximum absolute atomic E-state index is 10.9. The molecule has 0 aromatic rings. The topological polar surface area (TPSA) is 104 Å². The third-order valence-electron chi connectivity index (χ3n) is 1.23. The van der Waals surface area contributed by atoms with Gasteiger partial charge in [-0.05, 0) is 6.92 Å². The summed E-state index contributed by atoms with van der Waals surface area (Å²) in [5.74, 6) is -0.727. The average Bonchev–Trinajstić information content (AvgIpc) is 2.10. The molecule has 0 spiro atoms. The first-order valence-electron chi connectivity index (χ1n) is 3.97. The lowest BCUT2D eigenvalue weighted by molar-refractivity contribution is -0.125. The van der Waals surface area contributed by atoms with E-state index in [1.165, 1.54) is 0 Å². The second-order valence-corrected chi connectivity index (χ2v) is 2.63. The van der Waals surface area contributed by atoms with Crippen LogP contribution in [0.15, 0.2) is 0 Å². The molecule has 0 aliphatic heterocycles. The molecular weight excluding hydrogens is 174 g/mol. The zero-order valence-corrected chi connectivity index (χ0v) is 7.54. The van der Waals surface area contributed by atoms with Crippen LogP contribution < -0.4 is 16.4 Å². The average molecular weight is 189 g/mol. The molecule has 6 nitrogen and oxygen atoms in total. The number of aliphatic hydroxyl groups is 1. The highest BCUT2D eigenvalue weighted by atomic mass is 16.3. The van der Waals surface area contributed by atoms with Gasteiger partial charge in [0.15, 0.2) is 0 Å². The molecule has 5 N–H and O–H groups in total. The third kappa shape index (κ3) is 7.23. The molecule has 1 atom stereocenters. The Labute approximate surface area is 76.5 Å². The van der Waals surface area contributed by atoms with Gasteiger partial charge in [0.25, 0.3) is 0 Å². The predicted octanol–water partition coefficient (Wildman–Crippen LogP) is -2.44. The van der Waals surface area contributed by atoms with E-state index >= 15 is 0 Å². The number of amides is 2. The molecule has 6 heteroatoms. The molecule has 0 fully saturated rings. The Morgan fingerprint density at radius 2 is 2.00 bits per heavy atom. The number of nitrogens with one attached hydrogen (secondary N) is 2. The summed E-state index contributed by atoms with van der Waals surface area (Å²) in [7, 11) is 0. The number of hydrogen-bond acceptors (Lipinski definition) is 4. The molecule has 0 aliphatic rings. The second-order valence-electron chi connectivity index (χ2n) is 2.63. The van der Waals surface area contributed by atoms with Gasteiger partial charge in [0.2, 0.25) is 11.8 Å². The number of hydrogen-bond donors (Lipinski definition) is 4. The first-order valence-corrected chi connectivity index (χ1v) is 3.97. The Kier molecular flexibility index (Phi) is 5.82. The van der Waals surface area contributed by atoms with Crippen LogP contribution in [0.1, 0.15) is 6.92 Å². The van der Waals surface area contributed by atoms with Crippen LogP contribution in [-0.4, -0.2) is 42.7 Å². The molecule has 13 heavy (non-hydrogen) atoms. The van der Waals surface area contributed by atoms with Crippen molar-refractivity contribution in [1.82, 2.24) is 10.6 Å². The minimum absolute atomic E-state index is 0.108. The van der Waals surface area contributed by atoms with Crippen molar-refractivity contribution in [3.63, 3.8) is 0 Å². The SMILES string of the molecule is CC(O)CNC(=O)CNC(=O)CN.